The first-order valence-electron chi connectivity index (χ1n) is 5.40. The van der Waals surface area contributed by atoms with Crippen LogP contribution in [0.15, 0.2) is 36.7 Å². The lowest BCUT2D eigenvalue weighted by Crippen LogP contribution is -2.14. The molecule has 10 heteroatoms. The molecular weight excluding hydrogens is 438 g/mol. The maximum atomic E-state index is 13.7. The number of furan rings is 1. The van der Waals surface area contributed by atoms with Crippen LogP contribution in [0.25, 0.3) is 0 Å². The van der Waals surface area contributed by atoms with Crippen LogP contribution in [0.3, 0.4) is 0 Å². The number of sulfonamides is 1. The molecule has 1 aromatic heterocycles. The van der Waals surface area contributed by atoms with E-state index in [0.29, 0.717) is 0 Å². The molecule has 0 fully saturated rings. The molecule has 2 rings (SSSR count). The summed E-state index contributed by atoms with van der Waals surface area (Å²) in [5, 5.41) is 0. The SMILES string of the molecule is NCc1cc(S(=O)(=O)Nc2cc(F)c(Br)cc2F)c(Br)o1. The molecule has 21 heavy (non-hydrogen) atoms. The summed E-state index contributed by atoms with van der Waals surface area (Å²) in [4.78, 5) is -0.259. The summed E-state index contributed by atoms with van der Waals surface area (Å²) >= 11 is 5.74. The molecule has 0 saturated heterocycles. The molecule has 5 nitrogen and oxygen atoms in total. The van der Waals surface area contributed by atoms with Crippen molar-refractivity contribution in [3.63, 3.8) is 0 Å². The van der Waals surface area contributed by atoms with Gasteiger partial charge in [-0.1, -0.05) is 0 Å². The van der Waals surface area contributed by atoms with E-state index in [9.17, 15) is 17.2 Å². The Balaban J connectivity index is 2.42. The molecule has 2 aromatic rings. The number of nitrogens with two attached hydrogens (primary N) is 1. The number of benzene rings is 1. The van der Waals surface area contributed by atoms with E-state index in [0.717, 1.165) is 12.1 Å². The molecular formula is C11H8Br2F2N2O3S. The molecule has 0 bridgehead atoms. The molecule has 0 unspecified atom stereocenters. The summed E-state index contributed by atoms with van der Waals surface area (Å²) < 4.78 is 58.2. The van der Waals surface area contributed by atoms with E-state index < -0.39 is 27.3 Å². The van der Waals surface area contributed by atoms with Crippen LogP contribution in [0.2, 0.25) is 0 Å². The van der Waals surface area contributed by atoms with Gasteiger partial charge < -0.3 is 10.2 Å². The van der Waals surface area contributed by atoms with Gasteiger partial charge in [0.1, 0.15) is 22.3 Å². The third-order valence-corrected chi connectivity index (χ3v) is 5.28. The Morgan fingerprint density at radius 3 is 2.43 bits per heavy atom. The maximum Gasteiger partial charge on any atom is 0.266 e. The normalized spacial score (nSPS) is 11.7. The van der Waals surface area contributed by atoms with E-state index in [1.807, 2.05) is 4.72 Å². The minimum Gasteiger partial charge on any atom is -0.452 e. The van der Waals surface area contributed by atoms with Gasteiger partial charge in [-0.05, 0) is 37.9 Å². The van der Waals surface area contributed by atoms with Gasteiger partial charge in [0.2, 0.25) is 0 Å². The van der Waals surface area contributed by atoms with Gasteiger partial charge in [-0.15, -0.1) is 0 Å². The highest BCUT2D eigenvalue weighted by Gasteiger charge is 2.24. The highest BCUT2D eigenvalue weighted by Crippen LogP contribution is 2.30. The summed E-state index contributed by atoms with van der Waals surface area (Å²) in [6.45, 7) is -0.00457. The first kappa shape index (κ1) is 16.4. The zero-order valence-corrected chi connectivity index (χ0v) is 14.1. The number of anilines is 1. The Hall–Kier alpha value is -0.970. The smallest absolute Gasteiger partial charge is 0.266 e. The minimum atomic E-state index is -4.15. The van der Waals surface area contributed by atoms with Gasteiger partial charge in [-0.2, -0.15) is 0 Å². The van der Waals surface area contributed by atoms with Gasteiger partial charge in [0, 0.05) is 12.1 Å². The van der Waals surface area contributed by atoms with Crippen molar-refractivity contribution in [3.8, 4) is 0 Å². The lowest BCUT2D eigenvalue weighted by Gasteiger charge is -2.08. The summed E-state index contributed by atoms with van der Waals surface area (Å²) in [7, 11) is -4.15. The Labute approximate surface area is 135 Å². The topological polar surface area (TPSA) is 85.3 Å². The number of hydrogen-bond donors (Lipinski definition) is 2. The monoisotopic (exact) mass is 444 g/mol. The average molecular weight is 446 g/mol. The number of rotatable bonds is 4. The lowest BCUT2D eigenvalue weighted by atomic mass is 10.3. The first-order chi connectivity index (χ1) is 9.74. The molecule has 0 spiro atoms. The minimum absolute atomic E-state index is 0.00457. The van der Waals surface area contributed by atoms with Gasteiger partial charge in [-0.25, -0.2) is 17.2 Å². The van der Waals surface area contributed by atoms with Crippen molar-refractivity contribution < 1.29 is 21.6 Å². The predicted octanol–water partition coefficient (Wildman–Crippen LogP) is 3.34. The van der Waals surface area contributed by atoms with Gasteiger partial charge >= 0.3 is 0 Å². The van der Waals surface area contributed by atoms with E-state index in [1.54, 1.807) is 0 Å². The third kappa shape index (κ3) is 3.44. The van der Waals surface area contributed by atoms with Crippen molar-refractivity contribution in [1.82, 2.24) is 0 Å². The fourth-order valence-electron chi connectivity index (χ4n) is 1.48. The molecule has 0 radical (unpaired) electrons. The van der Waals surface area contributed by atoms with Crippen molar-refractivity contribution >= 4 is 47.6 Å². The summed E-state index contributed by atoms with van der Waals surface area (Å²) in [5.74, 6) is -1.50. The molecule has 0 aliphatic heterocycles. The van der Waals surface area contributed by atoms with Crippen molar-refractivity contribution in [1.29, 1.82) is 0 Å². The second-order valence-corrected chi connectivity index (χ2v) is 7.13. The molecule has 1 heterocycles. The fourth-order valence-corrected chi connectivity index (χ4v) is 3.85. The molecule has 0 saturated carbocycles. The largest absolute Gasteiger partial charge is 0.452 e. The highest BCUT2D eigenvalue weighted by molar-refractivity contribution is 9.10. The second kappa shape index (κ2) is 6.03. The fraction of sp³-hybridized carbons (Fsp3) is 0.0909. The zero-order valence-electron chi connectivity index (χ0n) is 10.2. The van der Waals surface area contributed by atoms with E-state index in [-0.39, 0.29) is 26.3 Å². The van der Waals surface area contributed by atoms with Crippen LogP contribution in [0.5, 0.6) is 0 Å². The van der Waals surface area contributed by atoms with E-state index >= 15 is 0 Å². The Morgan fingerprint density at radius 1 is 1.19 bits per heavy atom. The summed E-state index contributed by atoms with van der Waals surface area (Å²) in [6, 6.07) is 2.75. The zero-order chi connectivity index (χ0) is 15.8. The van der Waals surface area contributed by atoms with Crippen LogP contribution in [0.1, 0.15) is 5.76 Å². The molecule has 114 valence electrons. The van der Waals surface area contributed by atoms with Crippen molar-refractivity contribution in [2.75, 3.05) is 4.72 Å². The Bertz CT molecular complexity index is 793. The van der Waals surface area contributed by atoms with Gasteiger partial charge in [0.05, 0.1) is 16.7 Å². The van der Waals surface area contributed by atoms with Crippen LogP contribution in [0, 0.1) is 11.6 Å². The van der Waals surface area contributed by atoms with Crippen molar-refractivity contribution in [2.24, 2.45) is 5.73 Å². The van der Waals surface area contributed by atoms with Gasteiger partial charge in [0.25, 0.3) is 10.0 Å². The number of hydrogen-bond acceptors (Lipinski definition) is 4. The second-order valence-electron chi connectivity index (χ2n) is 3.91. The molecule has 0 aliphatic carbocycles. The Morgan fingerprint density at radius 2 is 1.86 bits per heavy atom. The van der Waals surface area contributed by atoms with Crippen LogP contribution in [0.4, 0.5) is 14.5 Å². The molecule has 3 N–H and O–H groups in total. The van der Waals surface area contributed by atoms with E-state index in [2.05, 4.69) is 31.9 Å². The maximum absolute atomic E-state index is 13.7. The molecule has 0 aliphatic rings. The predicted molar refractivity (Wildman–Crippen MR) is 79.2 cm³/mol. The van der Waals surface area contributed by atoms with Crippen molar-refractivity contribution in [3.05, 3.63) is 44.7 Å². The van der Waals surface area contributed by atoms with Crippen molar-refractivity contribution in [2.45, 2.75) is 11.4 Å². The highest BCUT2D eigenvalue weighted by atomic mass is 79.9. The Kier molecular flexibility index (Phi) is 4.71. The van der Waals surface area contributed by atoms with Gasteiger partial charge in [-0.3, -0.25) is 4.72 Å². The van der Waals surface area contributed by atoms with Crippen LogP contribution >= 0.6 is 31.9 Å². The van der Waals surface area contributed by atoms with Crippen LogP contribution in [-0.4, -0.2) is 8.42 Å². The number of halogens is 4. The lowest BCUT2D eigenvalue weighted by molar-refractivity contribution is 0.484. The number of nitrogens with one attached hydrogen (secondary N) is 1. The summed E-state index contributed by atoms with van der Waals surface area (Å²) in [6.07, 6.45) is 0. The average Bonchev–Trinajstić information content (AvgIpc) is 2.78. The third-order valence-electron chi connectivity index (χ3n) is 2.45. The van der Waals surface area contributed by atoms with E-state index in [4.69, 9.17) is 10.2 Å². The first-order valence-corrected chi connectivity index (χ1v) is 8.47. The quantitative estimate of drug-likeness (QED) is 0.706. The molecule has 0 amide bonds. The standard InChI is InChI=1S/C11H8Br2F2N2O3S/c12-6-2-8(15)9(3-7(6)14)17-21(18,19)10-1-5(4-16)20-11(10)13/h1-3,17H,4,16H2. The van der Waals surface area contributed by atoms with E-state index in [1.165, 1.54) is 6.07 Å². The van der Waals surface area contributed by atoms with Gasteiger partial charge in [0.15, 0.2) is 4.67 Å². The summed E-state index contributed by atoms with van der Waals surface area (Å²) in [5.41, 5.74) is 4.83. The molecule has 0 atom stereocenters. The molecule has 1 aromatic carbocycles. The van der Waals surface area contributed by atoms with Crippen LogP contribution < -0.4 is 10.5 Å². The van der Waals surface area contributed by atoms with Crippen LogP contribution in [-0.2, 0) is 16.6 Å².